The van der Waals surface area contributed by atoms with E-state index in [0.29, 0.717) is 12.5 Å². The van der Waals surface area contributed by atoms with Crippen molar-refractivity contribution >= 4 is 45.8 Å². The number of alkyl carbamates (subject to hydrolysis) is 2. The second-order valence-electron chi connectivity index (χ2n) is 16.9. The van der Waals surface area contributed by atoms with Gasteiger partial charge < -0.3 is 39.9 Å². The molecule has 3 aliphatic rings. The summed E-state index contributed by atoms with van der Waals surface area (Å²) in [6.07, 6.45) is 5.09. The number of benzene rings is 3. The van der Waals surface area contributed by atoms with E-state index in [4.69, 9.17) is 19.4 Å². The summed E-state index contributed by atoms with van der Waals surface area (Å²) in [7, 11) is 2.59. The fourth-order valence-electron chi connectivity index (χ4n) is 9.25. The number of carbonyl (C=O) groups is 4. The summed E-state index contributed by atoms with van der Waals surface area (Å²) in [5.74, 6) is 7.97. The minimum Gasteiger partial charge on any atom is -0.453 e. The van der Waals surface area contributed by atoms with Crippen LogP contribution in [0.5, 0.6) is 0 Å². The van der Waals surface area contributed by atoms with Gasteiger partial charge in [0, 0.05) is 29.3 Å². The van der Waals surface area contributed by atoms with Crippen LogP contribution in [0.2, 0.25) is 0 Å². The van der Waals surface area contributed by atoms with E-state index in [1.165, 1.54) is 14.2 Å². The average Bonchev–Trinajstić information content (AvgIpc) is 4.11. The molecule has 60 heavy (non-hydrogen) atoms. The van der Waals surface area contributed by atoms with Crippen LogP contribution in [0.3, 0.4) is 0 Å². The Morgan fingerprint density at radius 3 is 2.17 bits per heavy atom. The second-order valence-corrected chi connectivity index (χ2v) is 16.9. The smallest absolute Gasteiger partial charge is 0.407 e. The van der Waals surface area contributed by atoms with E-state index in [1.54, 1.807) is 0 Å². The first-order valence-electron chi connectivity index (χ1n) is 20.8. The van der Waals surface area contributed by atoms with Crippen LogP contribution in [0.15, 0.2) is 60.8 Å². The van der Waals surface area contributed by atoms with Gasteiger partial charge in [0.1, 0.15) is 23.7 Å². The van der Waals surface area contributed by atoms with Crippen LogP contribution >= 0.6 is 0 Å². The topological polar surface area (TPSA) is 175 Å². The summed E-state index contributed by atoms with van der Waals surface area (Å²) in [6, 6.07) is 16.7. The van der Waals surface area contributed by atoms with Crippen LogP contribution in [-0.4, -0.2) is 92.6 Å². The van der Waals surface area contributed by atoms with Crippen molar-refractivity contribution in [1.82, 2.24) is 40.4 Å². The Morgan fingerprint density at radius 2 is 1.45 bits per heavy atom. The highest BCUT2D eigenvalue weighted by Crippen LogP contribution is 2.50. The van der Waals surface area contributed by atoms with E-state index < -0.39 is 24.3 Å². The molecular weight excluding hydrogens is 761 g/mol. The Hall–Kier alpha value is -6.36. The number of nitrogens with zero attached hydrogens (tertiary/aromatic N) is 4. The molecule has 0 radical (unpaired) electrons. The molecule has 4 N–H and O–H groups in total. The van der Waals surface area contributed by atoms with Crippen molar-refractivity contribution < 1.29 is 28.7 Å². The first-order valence-corrected chi connectivity index (χ1v) is 20.8. The largest absolute Gasteiger partial charge is 0.453 e. The molecule has 3 fully saturated rings. The summed E-state index contributed by atoms with van der Waals surface area (Å²) in [6.45, 7) is 8.24. The zero-order chi connectivity index (χ0) is 42.2. The summed E-state index contributed by atoms with van der Waals surface area (Å²) in [5.41, 5.74) is 5.23. The molecule has 0 unspecified atom stereocenters. The van der Waals surface area contributed by atoms with Gasteiger partial charge in [0.05, 0.1) is 49.2 Å². The van der Waals surface area contributed by atoms with Crippen molar-refractivity contribution in [3.05, 3.63) is 83.6 Å². The zero-order valence-electron chi connectivity index (χ0n) is 34.9. The van der Waals surface area contributed by atoms with Gasteiger partial charge in [-0.05, 0) is 97.0 Å². The number of ether oxygens (including phenoxy) is 2. The molecule has 1 saturated carbocycles. The van der Waals surface area contributed by atoms with Crippen LogP contribution in [0, 0.1) is 29.6 Å². The number of methoxy groups -OCH3 is 2. The van der Waals surface area contributed by atoms with E-state index in [1.807, 2.05) is 68.0 Å². The van der Waals surface area contributed by atoms with Crippen LogP contribution < -0.4 is 10.6 Å². The fraction of sp³-hybridized carbons (Fsp3) is 0.435. The van der Waals surface area contributed by atoms with Gasteiger partial charge in [-0.25, -0.2) is 19.6 Å². The quantitative estimate of drug-likeness (QED) is 0.115. The van der Waals surface area contributed by atoms with Crippen LogP contribution in [0.4, 0.5) is 9.59 Å². The van der Waals surface area contributed by atoms with Gasteiger partial charge >= 0.3 is 12.2 Å². The summed E-state index contributed by atoms with van der Waals surface area (Å²) < 4.78 is 9.59. The number of hydrogen-bond donors (Lipinski definition) is 4. The molecule has 4 amide bonds. The molecule has 14 heteroatoms. The highest BCUT2D eigenvalue weighted by atomic mass is 16.5. The molecule has 2 aromatic heterocycles. The van der Waals surface area contributed by atoms with E-state index in [9.17, 15) is 19.2 Å². The van der Waals surface area contributed by atoms with Gasteiger partial charge in [0.25, 0.3) is 0 Å². The van der Waals surface area contributed by atoms with Gasteiger partial charge in [0.2, 0.25) is 11.8 Å². The van der Waals surface area contributed by atoms with Gasteiger partial charge in [0.15, 0.2) is 0 Å². The standard InChI is InChI=1S/C46H52N8O6/c1-25(2)38(51-45(57)59-5)43(55)53-19-7-8-37(53)41-47-24-36(50-41)31-15-14-29-20-27(11-13-30(29)22-31)9-10-28-12-18-34-35(21-28)49-42(48-34)40-32-16-17-33(23-32)54(40)44(56)39(26(3)4)52-46(58)60-6/h11-15,18,20-22,24-26,32-33,37-40H,7-8,16-17,19,23H2,1-6H3,(H,47,50)(H,48,49)(H,51,57)(H,52,58)/t32-,33-,37+,38+,39+,40+/m1/s1. The molecule has 2 bridgehead atoms. The molecule has 4 heterocycles. The lowest BCUT2D eigenvalue weighted by Crippen LogP contribution is -2.54. The number of likely N-dealkylation sites (tertiary alicyclic amines) is 2. The lowest BCUT2D eigenvalue weighted by Gasteiger charge is -2.37. The normalized spacial score (nSPS) is 20.7. The minimum absolute atomic E-state index is 0.101. The Labute approximate surface area is 349 Å². The lowest BCUT2D eigenvalue weighted by atomic mass is 9.95. The molecule has 14 nitrogen and oxygen atoms in total. The number of imidazole rings is 2. The maximum Gasteiger partial charge on any atom is 0.407 e. The molecular formula is C46H52N8O6. The van der Waals surface area contributed by atoms with Gasteiger partial charge in [-0.15, -0.1) is 0 Å². The van der Waals surface area contributed by atoms with Crippen LogP contribution in [-0.2, 0) is 19.1 Å². The Morgan fingerprint density at radius 1 is 0.783 bits per heavy atom. The minimum atomic E-state index is -0.692. The Balaban J connectivity index is 0.967. The van der Waals surface area contributed by atoms with Crippen molar-refractivity contribution in [2.45, 2.75) is 90.0 Å². The highest BCUT2D eigenvalue weighted by Gasteiger charge is 2.51. The molecule has 8 rings (SSSR count). The van der Waals surface area contributed by atoms with Crippen molar-refractivity contribution in [3.63, 3.8) is 0 Å². The van der Waals surface area contributed by atoms with E-state index in [-0.39, 0.29) is 41.8 Å². The monoisotopic (exact) mass is 812 g/mol. The number of aromatic amines is 2. The molecule has 6 atom stereocenters. The number of amides is 4. The van der Waals surface area contributed by atoms with Crippen molar-refractivity contribution in [2.75, 3.05) is 20.8 Å². The van der Waals surface area contributed by atoms with Crippen molar-refractivity contribution in [2.24, 2.45) is 17.8 Å². The first kappa shape index (κ1) is 40.4. The SMILES string of the molecule is COC(=O)N[C@H](C(=O)N1CCC[C@H]1c1ncc(-c2ccc3cc(C#Cc4ccc5nc([C@@H]6[C@@H]7CC[C@H](C7)N6C(=O)[C@@H](NC(=O)OC)C(C)C)[nH]c5c4)ccc3c2)[nH]1)C(C)C. The molecule has 312 valence electrons. The number of fused-ring (bicyclic) bond motifs is 4. The molecule has 5 aromatic rings. The summed E-state index contributed by atoms with van der Waals surface area (Å²) in [5, 5.41) is 7.56. The lowest BCUT2D eigenvalue weighted by molar-refractivity contribution is -0.139. The maximum atomic E-state index is 14.0. The van der Waals surface area contributed by atoms with E-state index >= 15 is 0 Å². The molecule has 2 aliphatic heterocycles. The maximum absolute atomic E-state index is 14.0. The first-order chi connectivity index (χ1) is 28.9. The molecule has 2 saturated heterocycles. The molecule has 1 aliphatic carbocycles. The summed E-state index contributed by atoms with van der Waals surface area (Å²) in [4.78, 5) is 72.1. The predicted molar refractivity (Wildman–Crippen MR) is 226 cm³/mol. The zero-order valence-corrected chi connectivity index (χ0v) is 34.9. The fourth-order valence-corrected chi connectivity index (χ4v) is 9.25. The summed E-state index contributed by atoms with van der Waals surface area (Å²) >= 11 is 0. The number of nitrogens with one attached hydrogen (secondary N) is 4. The Kier molecular flexibility index (Phi) is 11.3. The number of rotatable bonds is 9. The van der Waals surface area contributed by atoms with Gasteiger partial charge in [-0.3, -0.25) is 9.59 Å². The van der Waals surface area contributed by atoms with Gasteiger partial charge in [-0.1, -0.05) is 57.7 Å². The third kappa shape index (κ3) is 7.88. The third-order valence-corrected chi connectivity index (χ3v) is 12.4. The predicted octanol–water partition coefficient (Wildman–Crippen LogP) is 6.98. The number of carbonyl (C=O) groups excluding carboxylic acids is 4. The number of hydrogen-bond acceptors (Lipinski definition) is 8. The third-order valence-electron chi connectivity index (χ3n) is 12.4. The van der Waals surface area contributed by atoms with Crippen molar-refractivity contribution in [3.8, 4) is 23.1 Å². The molecule has 0 spiro atoms. The highest BCUT2D eigenvalue weighted by molar-refractivity contribution is 5.89. The van der Waals surface area contributed by atoms with E-state index in [0.717, 1.165) is 87.9 Å². The van der Waals surface area contributed by atoms with E-state index in [2.05, 4.69) is 62.8 Å². The van der Waals surface area contributed by atoms with Gasteiger partial charge in [-0.2, -0.15) is 0 Å². The number of aromatic nitrogens is 4. The second kappa shape index (κ2) is 16.7. The number of H-pyrrole nitrogens is 2. The molecule has 3 aromatic carbocycles. The van der Waals surface area contributed by atoms with Crippen LogP contribution in [0.25, 0.3) is 33.1 Å². The van der Waals surface area contributed by atoms with Crippen molar-refractivity contribution in [1.29, 1.82) is 0 Å². The number of piperidine rings is 1. The Bertz CT molecular complexity index is 2510. The van der Waals surface area contributed by atoms with Crippen LogP contribution in [0.1, 0.15) is 94.7 Å². The average molecular weight is 813 g/mol.